The maximum absolute atomic E-state index is 1.65. The minimum Gasteiger partial charge on any atom is -0.0522 e. The molecule has 5 rings (SSSR count). The highest BCUT2D eigenvalue weighted by Crippen LogP contribution is 2.88. The van der Waals surface area contributed by atoms with Crippen molar-refractivity contribution in [3.63, 3.8) is 0 Å². The summed E-state index contributed by atoms with van der Waals surface area (Å²) in [5, 5.41) is 0. The van der Waals surface area contributed by atoms with Crippen LogP contribution in [-0.2, 0) is 0 Å². The summed E-state index contributed by atoms with van der Waals surface area (Å²) in [5.41, 5.74) is 1.96. The van der Waals surface area contributed by atoms with E-state index in [2.05, 4.69) is 0 Å². The molecular formula is C10H14. The van der Waals surface area contributed by atoms with Crippen LogP contribution in [0.5, 0.6) is 0 Å². The molecule has 2 spiro atoms. The molecule has 2 bridgehead atoms. The summed E-state index contributed by atoms with van der Waals surface area (Å²) >= 11 is 0. The molecule has 0 aliphatic heterocycles. The molecule has 0 heterocycles. The van der Waals surface area contributed by atoms with Crippen molar-refractivity contribution in [1.29, 1.82) is 0 Å². The maximum atomic E-state index is 1.65. The summed E-state index contributed by atoms with van der Waals surface area (Å²) in [6.07, 6.45) is 9.73. The minimum atomic E-state index is 0.972. The average Bonchev–Trinajstić information content (AvgIpc) is 2.32. The van der Waals surface area contributed by atoms with E-state index in [1.165, 1.54) is 11.8 Å². The first kappa shape index (κ1) is 4.79. The predicted molar refractivity (Wildman–Crippen MR) is 39.5 cm³/mol. The Bertz CT molecular complexity index is 206. The molecule has 0 nitrogen and oxygen atoms in total. The van der Waals surface area contributed by atoms with Crippen LogP contribution >= 0.6 is 0 Å². The average molecular weight is 134 g/mol. The minimum absolute atomic E-state index is 0.972. The molecule has 0 aromatic carbocycles. The fourth-order valence-electron chi connectivity index (χ4n) is 4.57. The highest BCUT2D eigenvalue weighted by Gasteiger charge is 2.79. The highest BCUT2D eigenvalue weighted by atomic mass is 14.8. The largest absolute Gasteiger partial charge is 0.0522 e. The van der Waals surface area contributed by atoms with Crippen LogP contribution in [-0.4, -0.2) is 0 Å². The van der Waals surface area contributed by atoms with Gasteiger partial charge in [-0.25, -0.2) is 0 Å². The smallest absolute Gasteiger partial charge is 0.0235 e. The lowest BCUT2D eigenvalue weighted by Crippen LogP contribution is -2.37. The molecule has 1 atom stereocenters. The van der Waals surface area contributed by atoms with E-state index < -0.39 is 0 Å². The molecule has 1 unspecified atom stereocenters. The molecule has 5 aliphatic carbocycles. The zero-order valence-electron chi connectivity index (χ0n) is 6.40. The Morgan fingerprint density at radius 3 is 2.00 bits per heavy atom. The van der Waals surface area contributed by atoms with Crippen molar-refractivity contribution in [2.24, 2.45) is 22.7 Å². The summed E-state index contributed by atoms with van der Waals surface area (Å²) in [4.78, 5) is 0. The van der Waals surface area contributed by atoms with E-state index in [-0.39, 0.29) is 0 Å². The van der Waals surface area contributed by atoms with Crippen molar-refractivity contribution in [3.05, 3.63) is 0 Å². The second-order valence-electron chi connectivity index (χ2n) is 5.31. The van der Waals surface area contributed by atoms with Gasteiger partial charge in [-0.1, -0.05) is 6.42 Å². The van der Waals surface area contributed by atoms with Gasteiger partial charge in [-0.3, -0.25) is 0 Å². The molecule has 54 valence electrons. The van der Waals surface area contributed by atoms with Crippen molar-refractivity contribution in [1.82, 2.24) is 0 Å². The van der Waals surface area contributed by atoms with E-state index in [1.54, 1.807) is 38.5 Å². The Hall–Kier alpha value is 0. The summed E-state index contributed by atoms with van der Waals surface area (Å²) in [7, 11) is 0. The summed E-state index contributed by atoms with van der Waals surface area (Å²) in [5.74, 6) is 2.47. The van der Waals surface area contributed by atoms with Gasteiger partial charge in [-0.15, -0.1) is 0 Å². The second kappa shape index (κ2) is 1.00. The van der Waals surface area contributed by atoms with Crippen molar-refractivity contribution < 1.29 is 0 Å². The van der Waals surface area contributed by atoms with E-state index in [1.807, 2.05) is 0 Å². The van der Waals surface area contributed by atoms with Gasteiger partial charge >= 0.3 is 0 Å². The van der Waals surface area contributed by atoms with Crippen LogP contribution in [0.2, 0.25) is 0 Å². The first-order valence-electron chi connectivity index (χ1n) is 4.86. The molecule has 5 aliphatic rings. The van der Waals surface area contributed by atoms with Gasteiger partial charge in [-0.05, 0) is 54.8 Å². The van der Waals surface area contributed by atoms with Crippen LogP contribution < -0.4 is 0 Å². The van der Waals surface area contributed by atoms with Crippen LogP contribution in [0.15, 0.2) is 0 Å². The molecule has 5 saturated carbocycles. The molecule has 0 aromatic heterocycles. The van der Waals surface area contributed by atoms with Crippen LogP contribution in [0.25, 0.3) is 0 Å². The van der Waals surface area contributed by atoms with Gasteiger partial charge < -0.3 is 0 Å². The van der Waals surface area contributed by atoms with E-state index in [9.17, 15) is 0 Å². The van der Waals surface area contributed by atoms with Crippen molar-refractivity contribution in [3.8, 4) is 0 Å². The number of hydrogen-bond donors (Lipinski definition) is 0. The molecule has 0 aromatic rings. The maximum Gasteiger partial charge on any atom is -0.0235 e. The Labute approximate surface area is 62.0 Å². The SMILES string of the molecule is C1CC2(C1)C1CC3(C1)CC32. The van der Waals surface area contributed by atoms with Gasteiger partial charge in [0.15, 0.2) is 0 Å². The van der Waals surface area contributed by atoms with Crippen LogP contribution in [0, 0.1) is 22.7 Å². The Morgan fingerprint density at radius 2 is 1.80 bits per heavy atom. The van der Waals surface area contributed by atoms with E-state index in [0.29, 0.717) is 0 Å². The second-order valence-corrected chi connectivity index (χ2v) is 5.31. The predicted octanol–water partition coefficient (Wildman–Crippen LogP) is 2.59. The fraction of sp³-hybridized carbons (Fsp3) is 1.00. The van der Waals surface area contributed by atoms with Crippen LogP contribution in [0.4, 0.5) is 0 Å². The van der Waals surface area contributed by atoms with Gasteiger partial charge in [0.05, 0.1) is 0 Å². The van der Waals surface area contributed by atoms with Crippen molar-refractivity contribution in [2.75, 3.05) is 0 Å². The lowest BCUT2D eigenvalue weighted by Gasteiger charge is -2.47. The van der Waals surface area contributed by atoms with Gasteiger partial charge in [-0.2, -0.15) is 0 Å². The normalized spacial score (nSPS) is 64.8. The third-order valence-electron chi connectivity index (χ3n) is 5.29. The van der Waals surface area contributed by atoms with Gasteiger partial charge in [0.2, 0.25) is 0 Å². The van der Waals surface area contributed by atoms with Crippen LogP contribution in [0.3, 0.4) is 0 Å². The molecule has 0 heteroatoms. The number of hydrogen-bond acceptors (Lipinski definition) is 0. The molecule has 0 amide bonds. The molecule has 0 saturated heterocycles. The van der Waals surface area contributed by atoms with E-state index in [0.717, 1.165) is 10.8 Å². The summed E-state index contributed by atoms with van der Waals surface area (Å²) in [6, 6.07) is 0. The molecule has 0 N–H and O–H groups in total. The lowest BCUT2D eigenvalue weighted by atomic mass is 9.58. The Morgan fingerprint density at radius 1 is 1.00 bits per heavy atom. The van der Waals surface area contributed by atoms with E-state index in [4.69, 9.17) is 0 Å². The van der Waals surface area contributed by atoms with Crippen molar-refractivity contribution in [2.45, 2.75) is 38.5 Å². The molecule has 5 fully saturated rings. The van der Waals surface area contributed by atoms with E-state index >= 15 is 0 Å². The van der Waals surface area contributed by atoms with Gasteiger partial charge in [0, 0.05) is 0 Å². The monoisotopic (exact) mass is 134 g/mol. The zero-order valence-corrected chi connectivity index (χ0v) is 6.40. The Balaban J connectivity index is 1.87. The molecule has 0 radical (unpaired) electrons. The topological polar surface area (TPSA) is 0 Å². The first-order chi connectivity index (χ1) is 4.86. The molecule has 10 heavy (non-hydrogen) atoms. The highest BCUT2D eigenvalue weighted by molar-refractivity contribution is 5.29. The quantitative estimate of drug-likeness (QED) is 0.477. The zero-order chi connectivity index (χ0) is 6.40. The number of rotatable bonds is 0. The first-order valence-corrected chi connectivity index (χ1v) is 4.86. The summed E-state index contributed by atoms with van der Waals surface area (Å²) in [6.45, 7) is 0. The summed E-state index contributed by atoms with van der Waals surface area (Å²) < 4.78 is 0. The lowest BCUT2D eigenvalue weighted by molar-refractivity contribution is 0.0317. The fourth-order valence-corrected chi connectivity index (χ4v) is 4.57. The molecular weight excluding hydrogens is 120 g/mol. The third kappa shape index (κ3) is 0.258. The van der Waals surface area contributed by atoms with Crippen molar-refractivity contribution >= 4 is 0 Å². The third-order valence-corrected chi connectivity index (χ3v) is 5.29. The van der Waals surface area contributed by atoms with Gasteiger partial charge in [0.1, 0.15) is 0 Å². The Kier molecular flexibility index (Phi) is 0.479. The van der Waals surface area contributed by atoms with Gasteiger partial charge in [0.25, 0.3) is 0 Å². The standard InChI is InChI=1S/C10H14/c1-2-10(3-1)7-4-9(5-7)6-8(9)10/h7-8H,1-6H2. The van der Waals surface area contributed by atoms with Crippen LogP contribution in [0.1, 0.15) is 38.5 Å².